The second-order valence-corrected chi connectivity index (χ2v) is 6.39. The van der Waals surface area contributed by atoms with E-state index in [9.17, 15) is 9.59 Å². The molecule has 27 heavy (non-hydrogen) atoms. The fourth-order valence-corrected chi connectivity index (χ4v) is 2.55. The lowest BCUT2D eigenvalue weighted by atomic mass is 10.2. The number of aliphatic carboxylic acids is 1. The van der Waals surface area contributed by atoms with Crippen molar-refractivity contribution < 1.29 is 14.7 Å². The SMILES string of the molecule is O=C(O)Cn1cc(-c2cnc3ccc(NC(=O)NCC4CC4)nc3n2)cn1. The molecule has 4 rings (SSSR count). The van der Waals surface area contributed by atoms with E-state index in [-0.39, 0.29) is 12.6 Å². The zero-order valence-electron chi connectivity index (χ0n) is 14.3. The molecule has 10 heteroatoms. The summed E-state index contributed by atoms with van der Waals surface area (Å²) in [5.41, 5.74) is 2.11. The molecule has 2 amide bonds. The van der Waals surface area contributed by atoms with Gasteiger partial charge < -0.3 is 10.4 Å². The molecule has 138 valence electrons. The molecule has 1 aliphatic rings. The number of carboxylic acids is 1. The molecular weight excluding hydrogens is 350 g/mol. The van der Waals surface area contributed by atoms with Crippen LogP contribution in [0.3, 0.4) is 0 Å². The molecule has 1 aliphatic carbocycles. The number of fused-ring (bicyclic) bond motifs is 1. The predicted octanol–water partition coefficient (Wildman–Crippen LogP) is 1.50. The van der Waals surface area contributed by atoms with E-state index in [0.29, 0.717) is 40.7 Å². The lowest BCUT2D eigenvalue weighted by molar-refractivity contribution is -0.137. The zero-order valence-corrected chi connectivity index (χ0v) is 14.3. The molecule has 0 unspecified atom stereocenters. The Labute approximate surface area is 153 Å². The van der Waals surface area contributed by atoms with Gasteiger partial charge in [-0.2, -0.15) is 5.10 Å². The smallest absolute Gasteiger partial charge is 0.325 e. The van der Waals surface area contributed by atoms with Crippen molar-refractivity contribution in [3.05, 3.63) is 30.7 Å². The van der Waals surface area contributed by atoms with Crippen LogP contribution in [0, 0.1) is 5.92 Å². The van der Waals surface area contributed by atoms with Crippen LogP contribution >= 0.6 is 0 Å². The third-order valence-corrected chi connectivity index (χ3v) is 4.12. The van der Waals surface area contributed by atoms with E-state index in [1.807, 2.05) is 0 Å². The Morgan fingerprint density at radius 3 is 2.85 bits per heavy atom. The molecule has 3 N–H and O–H groups in total. The largest absolute Gasteiger partial charge is 0.480 e. The molecule has 0 spiro atoms. The lowest BCUT2D eigenvalue weighted by Crippen LogP contribution is -2.30. The van der Waals surface area contributed by atoms with Crippen molar-refractivity contribution in [2.45, 2.75) is 19.4 Å². The highest BCUT2D eigenvalue weighted by Crippen LogP contribution is 2.27. The number of carbonyl (C=O) groups is 2. The Bertz CT molecular complexity index is 1010. The highest BCUT2D eigenvalue weighted by molar-refractivity contribution is 5.89. The van der Waals surface area contributed by atoms with Crippen LogP contribution in [-0.4, -0.2) is 48.4 Å². The third kappa shape index (κ3) is 4.17. The van der Waals surface area contributed by atoms with Gasteiger partial charge in [0.25, 0.3) is 0 Å². The highest BCUT2D eigenvalue weighted by atomic mass is 16.4. The number of urea groups is 1. The Kier molecular flexibility index (Phi) is 4.37. The zero-order chi connectivity index (χ0) is 18.8. The summed E-state index contributed by atoms with van der Waals surface area (Å²) in [5.74, 6) is -0.00816. The lowest BCUT2D eigenvalue weighted by Gasteiger charge is -2.07. The normalized spacial score (nSPS) is 13.5. The molecule has 0 atom stereocenters. The molecule has 3 heterocycles. The minimum atomic E-state index is -0.980. The van der Waals surface area contributed by atoms with Gasteiger partial charge in [-0.25, -0.2) is 14.8 Å². The molecule has 1 fully saturated rings. The number of hydrogen-bond acceptors (Lipinski definition) is 6. The van der Waals surface area contributed by atoms with E-state index in [1.165, 1.54) is 10.9 Å². The van der Waals surface area contributed by atoms with Crippen molar-refractivity contribution in [2.75, 3.05) is 11.9 Å². The van der Waals surface area contributed by atoms with E-state index in [0.717, 1.165) is 12.8 Å². The first-order valence-electron chi connectivity index (χ1n) is 8.50. The fraction of sp³-hybridized carbons (Fsp3) is 0.294. The predicted molar refractivity (Wildman–Crippen MR) is 95.9 cm³/mol. The summed E-state index contributed by atoms with van der Waals surface area (Å²) in [7, 11) is 0. The standard InChI is InChI=1S/C17H17N7O3/c25-15(26)9-24-8-11(6-20-24)13-7-18-12-3-4-14(22-16(12)21-13)23-17(27)19-5-10-1-2-10/h3-4,6-8,10H,1-2,5,9H2,(H,25,26)(H2,19,21,22,23,27). The van der Waals surface area contributed by atoms with Gasteiger partial charge in [0.1, 0.15) is 17.9 Å². The molecule has 3 aromatic heterocycles. The van der Waals surface area contributed by atoms with Crippen molar-refractivity contribution in [1.82, 2.24) is 30.0 Å². The van der Waals surface area contributed by atoms with Crippen LogP contribution in [0.15, 0.2) is 30.7 Å². The number of carboxylic acid groups (broad SMARTS) is 1. The van der Waals surface area contributed by atoms with E-state index in [4.69, 9.17) is 5.11 Å². The molecule has 10 nitrogen and oxygen atoms in total. The maximum atomic E-state index is 11.9. The number of aromatic nitrogens is 5. The number of nitrogens with zero attached hydrogens (tertiary/aromatic N) is 5. The van der Waals surface area contributed by atoms with Crippen LogP contribution in [0.2, 0.25) is 0 Å². The van der Waals surface area contributed by atoms with Gasteiger partial charge in [-0.15, -0.1) is 0 Å². The maximum Gasteiger partial charge on any atom is 0.325 e. The van der Waals surface area contributed by atoms with E-state index in [2.05, 4.69) is 30.7 Å². The number of pyridine rings is 1. The summed E-state index contributed by atoms with van der Waals surface area (Å²) in [4.78, 5) is 35.8. The van der Waals surface area contributed by atoms with Crippen LogP contribution in [0.4, 0.5) is 10.6 Å². The van der Waals surface area contributed by atoms with E-state index < -0.39 is 5.97 Å². The van der Waals surface area contributed by atoms with Crippen LogP contribution in [0.5, 0.6) is 0 Å². The van der Waals surface area contributed by atoms with Crippen molar-refractivity contribution in [3.63, 3.8) is 0 Å². The first-order chi connectivity index (χ1) is 13.1. The Hall–Kier alpha value is -3.56. The van der Waals surface area contributed by atoms with E-state index in [1.54, 1.807) is 24.5 Å². The molecule has 0 radical (unpaired) electrons. The van der Waals surface area contributed by atoms with Gasteiger partial charge in [0.15, 0.2) is 5.65 Å². The van der Waals surface area contributed by atoms with E-state index >= 15 is 0 Å². The number of anilines is 1. The second-order valence-electron chi connectivity index (χ2n) is 6.39. The number of amides is 2. The van der Waals surface area contributed by atoms with Gasteiger partial charge in [0, 0.05) is 18.3 Å². The maximum absolute atomic E-state index is 11.9. The number of hydrogen-bond donors (Lipinski definition) is 3. The quantitative estimate of drug-likeness (QED) is 0.601. The number of nitrogens with one attached hydrogen (secondary N) is 2. The van der Waals surface area contributed by atoms with Crippen molar-refractivity contribution >= 4 is 29.0 Å². The molecule has 0 aliphatic heterocycles. The molecule has 1 saturated carbocycles. The Morgan fingerprint density at radius 2 is 2.07 bits per heavy atom. The fourth-order valence-electron chi connectivity index (χ4n) is 2.55. The van der Waals surface area contributed by atoms with Gasteiger partial charge in [-0.3, -0.25) is 19.8 Å². The summed E-state index contributed by atoms with van der Waals surface area (Å²) in [6, 6.07) is 3.09. The average Bonchev–Trinajstić information content (AvgIpc) is 3.36. The summed E-state index contributed by atoms with van der Waals surface area (Å²) >= 11 is 0. The summed E-state index contributed by atoms with van der Waals surface area (Å²) in [6.45, 7) is 0.437. The minimum Gasteiger partial charge on any atom is -0.480 e. The third-order valence-electron chi connectivity index (χ3n) is 4.12. The summed E-state index contributed by atoms with van der Waals surface area (Å²) < 4.78 is 1.30. The van der Waals surface area contributed by atoms with Gasteiger partial charge in [0.2, 0.25) is 0 Å². The molecule has 0 bridgehead atoms. The van der Waals surface area contributed by atoms with Crippen molar-refractivity contribution in [1.29, 1.82) is 0 Å². The van der Waals surface area contributed by atoms with Crippen molar-refractivity contribution in [2.24, 2.45) is 5.92 Å². The Balaban J connectivity index is 1.52. The highest BCUT2D eigenvalue weighted by Gasteiger charge is 2.21. The van der Waals surface area contributed by atoms with Gasteiger partial charge in [-0.1, -0.05) is 0 Å². The Morgan fingerprint density at radius 1 is 1.22 bits per heavy atom. The summed E-state index contributed by atoms with van der Waals surface area (Å²) in [6.07, 6.45) is 7.00. The topological polar surface area (TPSA) is 135 Å². The van der Waals surface area contributed by atoms with Crippen LogP contribution < -0.4 is 10.6 Å². The second kappa shape index (κ2) is 6.98. The first-order valence-corrected chi connectivity index (χ1v) is 8.50. The van der Waals surface area contributed by atoms with Crippen molar-refractivity contribution in [3.8, 4) is 11.3 Å². The number of carbonyl (C=O) groups excluding carboxylic acids is 1. The van der Waals surface area contributed by atoms with Gasteiger partial charge in [0.05, 0.1) is 18.1 Å². The molecular formula is C17H17N7O3. The van der Waals surface area contributed by atoms with Crippen LogP contribution in [0.25, 0.3) is 22.4 Å². The first kappa shape index (κ1) is 16.9. The summed E-state index contributed by atoms with van der Waals surface area (Å²) in [5, 5.41) is 18.3. The van der Waals surface area contributed by atoms with Crippen LogP contribution in [-0.2, 0) is 11.3 Å². The molecule has 0 aromatic carbocycles. The number of rotatable bonds is 6. The van der Waals surface area contributed by atoms with Crippen LogP contribution in [0.1, 0.15) is 12.8 Å². The van der Waals surface area contributed by atoms with Gasteiger partial charge >= 0.3 is 12.0 Å². The minimum absolute atomic E-state index is 0.233. The monoisotopic (exact) mass is 367 g/mol. The molecule has 3 aromatic rings. The molecule has 0 saturated heterocycles. The average molecular weight is 367 g/mol. The van der Waals surface area contributed by atoms with Gasteiger partial charge in [-0.05, 0) is 30.9 Å².